The SMILES string of the molecule is Cc1nc(CC2(c3ccccc3)CNC2)cs1. The Balaban J connectivity index is 1.88. The minimum absolute atomic E-state index is 0.266. The molecule has 0 spiro atoms. The molecule has 0 unspecified atom stereocenters. The summed E-state index contributed by atoms with van der Waals surface area (Å²) in [6.07, 6.45) is 1.05. The van der Waals surface area contributed by atoms with Crippen molar-refractivity contribution >= 4 is 11.3 Å². The Bertz CT molecular complexity index is 500. The summed E-state index contributed by atoms with van der Waals surface area (Å²) >= 11 is 1.74. The fraction of sp³-hybridized carbons (Fsp3) is 0.357. The molecule has 0 radical (unpaired) electrons. The second-order valence-electron chi connectivity index (χ2n) is 4.78. The third kappa shape index (κ3) is 2.01. The molecule has 0 atom stereocenters. The van der Waals surface area contributed by atoms with Crippen LogP contribution in [-0.4, -0.2) is 18.1 Å². The van der Waals surface area contributed by atoms with Crippen LogP contribution in [-0.2, 0) is 11.8 Å². The molecule has 17 heavy (non-hydrogen) atoms. The summed E-state index contributed by atoms with van der Waals surface area (Å²) in [6.45, 7) is 4.20. The lowest BCUT2D eigenvalue weighted by Crippen LogP contribution is -2.58. The minimum Gasteiger partial charge on any atom is -0.315 e. The zero-order valence-corrected chi connectivity index (χ0v) is 10.8. The molecule has 1 saturated heterocycles. The second kappa shape index (κ2) is 4.24. The number of hydrogen-bond acceptors (Lipinski definition) is 3. The van der Waals surface area contributed by atoms with E-state index in [0.29, 0.717) is 0 Å². The first-order chi connectivity index (χ1) is 8.28. The van der Waals surface area contributed by atoms with Crippen molar-refractivity contribution in [3.63, 3.8) is 0 Å². The molecule has 88 valence electrons. The van der Waals surface area contributed by atoms with Crippen molar-refractivity contribution in [2.75, 3.05) is 13.1 Å². The Labute approximate surface area is 106 Å². The Hall–Kier alpha value is -1.19. The molecular weight excluding hydrogens is 228 g/mol. The summed E-state index contributed by atoms with van der Waals surface area (Å²) in [6, 6.07) is 10.8. The number of aryl methyl sites for hydroxylation is 1. The summed E-state index contributed by atoms with van der Waals surface area (Å²) in [5, 5.41) is 6.76. The van der Waals surface area contributed by atoms with Gasteiger partial charge in [0.1, 0.15) is 0 Å². The molecule has 3 rings (SSSR count). The maximum absolute atomic E-state index is 4.59. The molecule has 1 aliphatic heterocycles. The summed E-state index contributed by atoms with van der Waals surface area (Å²) in [4.78, 5) is 4.59. The van der Waals surface area contributed by atoms with Crippen LogP contribution in [0, 0.1) is 6.92 Å². The van der Waals surface area contributed by atoms with Crippen molar-refractivity contribution in [1.82, 2.24) is 10.3 Å². The van der Waals surface area contributed by atoms with Gasteiger partial charge in [0.15, 0.2) is 0 Å². The third-order valence-corrected chi connectivity index (χ3v) is 4.32. The summed E-state index contributed by atoms with van der Waals surface area (Å²) in [7, 11) is 0. The lowest BCUT2D eigenvalue weighted by molar-refractivity contribution is 0.273. The molecule has 1 aromatic heterocycles. The number of nitrogens with one attached hydrogen (secondary N) is 1. The number of rotatable bonds is 3. The first-order valence-electron chi connectivity index (χ1n) is 5.96. The van der Waals surface area contributed by atoms with Crippen LogP contribution >= 0.6 is 11.3 Å². The van der Waals surface area contributed by atoms with E-state index in [-0.39, 0.29) is 5.41 Å². The van der Waals surface area contributed by atoms with Crippen molar-refractivity contribution in [3.05, 3.63) is 52.0 Å². The predicted octanol–water partition coefficient (Wildman–Crippen LogP) is 2.54. The van der Waals surface area contributed by atoms with E-state index in [1.54, 1.807) is 11.3 Å². The summed E-state index contributed by atoms with van der Waals surface area (Å²) in [5.41, 5.74) is 2.93. The molecule has 0 saturated carbocycles. The van der Waals surface area contributed by atoms with Gasteiger partial charge in [-0.25, -0.2) is 4.98 Å². The van der Waals surface area contributed by atoms with Crippen LogP contribution < -0.4 is 5.32 Å². The van der Waals surface area contributed by atoms with E-state index in [1.165, 1.54) is 11.3 Å². The molecule has 1 aromatic carbocycles. The van der Waals surface area contributed by atoms with Gasteiger partial charge in [-0.2, -0.15) is 0 Å². The topological polar surface area (TPSA) is 24.9 Å². The van der Waals surface area contributed by atoms with E-state index in [2.05, 4.69) is 52.9 Å². The van der Waals surface area contributed by atoms with Gasteiger partial charge in [-0.1, -0.05) is 30.3 Å². The minimum atomic E-state index is 0.266. The van der Waals surface area contributed by atoms with Crippen LogP contribution in [0.5, 0.6) is 0 Å². The van der Waals surface area contributed by atoms with Gasteiger partial charge in [0, 0.05) is 30.3 Å². The molecule has 3 heteroatoms. The van der Waals surface area contributed by atoms with Crippen LogP contribution in [0.4, 0.5) is 0 Å². The van der Waals surface area contributed by atoms with E-state index >= 15 is 0 Å². The summed E-state index contributed by atoms with van der Waals surface area (Å²) in [5.74, 6) is 0. The van der Waals surface area contributed by atoms with Crippen LogP contribution in [0.25, 0.3) is 0 Å². The normalized spacial score (nSPS) is 17.7. The van der Waals surface area contributed by atoms with Crippen molar-refractivity contribution < 1.29 is 0 Å². The van der Waals surface area contributed by atoms with Gasteiger partial charge in [-0.05, 0) is 12.5 Å². The molecule has 1 N–H and O–H groups in total. The standard InChI is InChI=1S/C14H16N2S/c1-11-16-13(8-17-11)7-14(9-15-10-14)12-5-3-2-4-6-12/h2-6,8,15H,7,9-10H2,1H3. The highest BCUT2D eigenvalue weighted by Crippen LogP contribution is 2.32. The van der Waals surface area contributed by atoms with Gasteiger partial charge < -0.3 is 5.32 Å². The zero-order chi connectivity index (χ0) is 11.7. The van der Waals surface area contributed by atoms with Crippen LogP contribution in [0.15, 0.2) is 35.7 Å². The number of hydrogen-bond donors (Lipinski definition) is 1. The van der Waals surface area contributed by atoms with Crippen molar-refractivity contribution in [2.45, 2.75) is 18.8 Å². The van der Waals surface area contributed by atoms with E-state index in [4.69, 9.17) is 0 Å². The van der Waals surface area contributed by atoms with E-state index in [0.717, 1.165) is 24.5 Å². The molecule has 1 aliphatic rings. The highest BCUT2D eigenvalue weighted by molar-refractivity contribution is 7.09. The monoisotopic (exact) mass is 244 g/mol. The molecule has 2 nitrogen and oxygen atoms in total. The van der Waals surface area contributed by atoms with Crippen molar-refractivity contribution in [2.24, 2.45) is 0 Å². The average Bonchev–Trinajstić information content (AvgIpc) is 2.71. The van der Waals surface area contributed by atoms with Gasteiger partial charge in [0.05, 0.1) is 10.7 Å². The Morgan fingerprint density at radius 1 is 1.29 bits per heavy atom. The molecule has 0 amide bonds. The lowest BCUT2D eigenvalue weighted by atomic mass is 9.72. The highest BCUT2D eigenvalue weighted by atomic mass is 32.1. The number of nitrogens with zero attached hydrogens (tertiary/aromatic N) is 1. The van der Waals surface area contributed by atoms with Gasteiger partial charge in [-0.15, -0.1) is 11.3 Å². The second-order valence-corrected chi connectivity index (χ2v) is 5.85. The maximum Gasteiger partial charge on any atom is 0.0897 e. The maximum atomic E-state index is 4.59. The van der Waals surface area contributed by atoms with Crippen molar-refractivity contribution in [3.8, 4) is 0 Å². The van der Waals surface area contributed by atoms with E-state index in [1.807, 2.05) is 0 Å². The van der Waals surface area contributed by atoms with Crippen LogP contribution in [0.1, 0.15) is 16.3 Å². The fourth-order valence-corrected chi connectivity index (χ4v) is 3.10. The largest absolute Gasteiger partial charge is 0.315 e. The predicted molar refractivity (Wildman–Crippen MR) is 71.5 cm³/mol. The van der Waals surface area contributed by atoms with Crippen LogP contribution in [0.2, 0.25) is 0 Å². The number of aromatic nitrogens is 1. The molecule has 0 bridgehead atoms. The van der Waals surface area contributed by atoms with Gasteiger partial charge in [0.25, 0.3) is 0 Å². The molecule has 0 aliphatic carbocycles. The fourth-order valence-electron chi connectivity index (χ4n) is 2.49. The van der Waals surface area contributed by atoms with Crippen molar-refractivity contribution in [1.29, 1.82) is 0 Å². The highest BCUT2D eigenvalue weighted by Gasteiger charge is 2.39. The molecule has 2 heterocycles. The first kappa shape index (κ1) is 10.9. The lowest BCUT2D eigenvalue weighted by Gasteiger charge is -2.43. The quantitative estimate of drug-likeness (QED) is 0.897. The molecule has 1 fully saturated rings. The van der Waals surface area contributed by atoms with Gasteiger partial charge in [0.2, 0.25) is 0 Å². The number of thiazole rings is 1. The third-order valence-electron chi connectivity index (χ3n) is 3.50. The number of benzene rings is 1. The summed E-state index contributed by atoms with van der Waals surface area (Å²) < 4.78 is 0. The Morgan fingerprint density at radius 2 is 2.06 bits per heavy atom. The Kier molecular flexibility index (Phi) is 2.73. The average molecular weight is 244 g/mol. The first-order valence-corrected chi connectivity index (χ1v) is 6.84. The van der Waals surface area contributed by atoms with Crippen LogP contribution in [0.3, 0.4) is 0 Å². The van der Waals surface area contributed by atoms with Gasteiger partial charge in [-0.3, -0.25) is 0 Å². The van der Waals surface area contributed by atoms with E-state index in [9.17, 15) is 0 Å². The Morgan fingerprint density at radius 3 is 2.59 bits per heavy atom. The van der Waals surface area contributed by atoms with E-state index < -0.39 is 0 Å². The smallest absolute Gasteiger partial charge is 0.0897 e. The van der Waals surface area contributed by atoms with Gasteiger partial charge >= 0.3 is 0 Å². The molecule has 2 aromatic rings. The zero-order valence-electron chi connectivity index (χ0n) is 9.94. The molecular formula is C14H16N2S.